The number of carbonyl (C=O) groups is 1. The third-order valence-electron chi connectivity index (χ3n) is 7.72. The van der Waals surface area contributed by atoms with Crippen LogP contribution in [0.25, 0.3) is 22.2 Å². The van der Waals surface area contributed by atoms with E-state index in [1.165, 1.54) is 12.1 Å². The second-order valence-corrected chi connectivity index (χ2v) is 10.9. The van der Waals surface area contributed by atoms with Gasteiger partial charge in [0, 0.05) is 66.7 Å². The summed E-state index contributed by atoms with van der Waals surface area (Å²) in [5, 5.41) is 8.18. The minimum absolute atomic E-state index is 0.0524. The molecule has 1 aromatic carbocycles. The maximum atomic E-state index is 13.9. The number of likely N-dealkylation sites (tertiary alicyclic amines) is 1. The number of hydrogen-bond acceptors (Lipinski definition) is 5. The number of benzene rings is 1. The Bertz CT molecular complexity index is 1500. The average Bonchev–Trinajstić information content (AvgIpc) is 3.32. The van der Waals surface area contributed by atoms with Crippen molar-refractivity contribution in [3.8, 4) is 11.1 Å². The predicted molar refractivity (Wildman–Crippen MR) is 147 cm³/mol. The van der Waals surface area contributed by atoms with Crippen molar-refractivity contribution in [2.75, 3.05) is 18.4 Å². The van der Waals surface area contributed by atoms with Crippen LogP contribution in [0.2, 0.25) is 5.15 Å². The Kier molecular flexibility index (Phi) is 7.18. The highest BCUT2D eigenvalue weighted by Crippen LogP contribution is 2.32. The van der Waals surface area contributed by atoms with Gasteiger partial charge in [-0.1, -0.05) is 17.7 Å². The zero-order valence-electron chi connectivity index (χ0n) is 21.3. The lowest BCUT2D eigenvalue weighted by molar-refractivity contribution is -0.131. The number of hydrogen-bond donors (Lipinski definition) is 3. The summed E-state index contributed by atoms with van der Waals surface area (Å²) in [5.41, 5.74) is 3.26. The van der Waals surface area contributed by atoms with Crippen LogP contribution in [0.5, 0.6) is 0 Å². The first-order chi connectivity index (χ1) is 18.9. The molecule has 0 atom stereocenters. The summed E-state index contributed by atoms with van der Waals surface area (Å²) in [4.78, 5) is 26.8. The molecule has 0 bridgehead atoms. The van der Waals surface area contributed by atoms with E-state index in [1.807, 2.05) is 35.4 Å². The molecule has 0 radical (unpaired) electrons. The van der Waals surface area contributed by atoms with Crippen molar-refractivity contribution in [2.24, 2.45) is 5.92 Å². The largest absolute Gasteiger partial charge is 0.367 e. The van der Waals surface area contributed by atoms with Gasteiger partial charge in [0.1, 0.15) is 28.3 Å². The lowest BCUT2D eigenvalue weighted by Crippen LogP contribution is -2.55. The second-order valence-electron chi connectivity index (χ2n) is 10.5. The lowest BCUT2D eigenvalue weighted by atomic mass is 9.90. The number of rotatable bonds is 7. The summed E-state index contributed by atoms with van der Waals surface area (Å²) < 4.78 is 27.0. The van der Waals surface area contributed by atoms with E-state index < -0.39 is 11.6 Å². The van der Waals surface area contributed by atoms with E-state index in [2.05, 4.69) is 25.6 Å². The van der Waals surface area contributed by atoms with Crippen LogP contribution in [0, 0.1) is 17.6 Å². The van der Waals surface area contributed by atoms with Crippen molar-refractivity contribution in [2.45, 2.75) is 44.3 Å². The number of nitrogens with one attached hydrogen (secondary N) is 3. The molecule has 202 valence electrons. The number of H-pyrrole nitrogens is 1. The molecule has 2 aliphatic rings. The van der Waals surface area contributed by atoms with Crippen LogP contribution >= 0.6 is 11.6 Å². The SMILES string of the molecule is O=C(NC1CCC(Nc2cc(-c3c[nH]c4ncccc34)cc(Cl)n2)CC1)C1CN(Cc2ccc(F)cc2F)C1. The van der Waals surface area contributed by atoms with Gasteiger partial charge < -0.3 is 15.6 Å². The van der Waals surface area contributed by atoms with Gasteiger partial charge in [0.05, 0.1) is 5.92 Å². The summed E-state index contributed by atoms with van der Waals surface area (Å²) in [6, 6.07) is 11.8. The molecule has 1 aliphatic heterocycles. The smallest absolute Gasteiger partial charge is 0.225 e. The number of anilines is 1. The van der Waals surface area contributed by atoms with Gasteiger partial charge in [0.15, 0.2) is 0 Å². The standard InChI is InChI=1S/C29H29ClF2N6O/c30-26-10-18(24-13-34-28-23(24)2-1-9-33-28)11-27(37-26)35-21-5-7-22(8-6-21)36-29(39)19-15-38(16-19)14-17-3-4-20(31)12-25(17)32/h1-4,9-13,19,21-22H,5-8,14-16H2,(H,33,34)(H,35,37)(H,36,39). The first-order valence-corrected chi connectivity index (χ1v) is 13.6. The predicted octanol–water partition coefficient (Wildman–Crippen LogP) is 5.53. The van der Waals surface area contributed by atoms with Gasteiger partial charge >= 0.3 is 0 Å². The Morgan fingerprint density at radius 3 is 2.67 bits per heavy atom. The van der Waals surface area contributed by atoms with Crippen molar-refractivity contribution in [1.29, 1.82) is 0 Å². The van der Waals surface area contributed by atoms with E-state index in [0.717, 1.165) is 59.7 Å². The van der Waals surface area contributed by atoms with Gasteiger partial charge in [-0.25, -0.2) is 18.7 Å². The van der Waals surface area contributed by atoms with Gasteiger partial charge in [0.2, 0.25) is 5.91 Å². The van der Waals surface area contributed by atoms with Crippen molar-refractivity contribution in [3.63, 3.8) is 0 Å². The van der Waals surface area contributed by atoms with E-state index in [9.17, 15) is 13.6 Å². The molecule has 3 N–H and O–H groups in total. The number of pyridine rings is 2. The zero-order chi connectivity index (χ0) is 26.9. The van der Waals surface area contributed by atoms with Gasteiger partial charge in [-0.3, -0.25) is 9.69 Å². The summed E-state index contributed by atoms with van der Waals surface area (Å²) in [6.07, 6.45) is 7.26. The van der Waals surface area contributed by atoms with Crippen molar-refractivity contribution in [1.82, 2.24) is 25.2 Å². The van der Waals surface area contributed by atoms with Gasteiger partial charge in [-0.05, 0) is 61.6 Å². The zero-order valence-corrected chi connectivity index (χ0v) is 22.0. The van der Waals surface area contributed by atoms with E-state index in [4.69, 9.17) is 11.6 Å². The Labute approximate surface area is 230 Å². The van der Waals surface area contributed by atoms with Crippen molar-refractivity contribution in [3.05, 3.63) is 77.2 Å². The first-order valence-electron chi connectivity index (χ1n) is 13.2. The van der Waals surface area contributed by atoms with Crippen LogP contribution in [0.4, 0.5) is 14.6 Å². The number of aromatic nitrogens is 3. The maximum absolute atomic E-state index is 13.9. The quantitative estimate of drug-likeness (QED) is 0.264. The minimum atomic E-state index is -0.584. The van der Waals surface area contributed by atoms with Gasteiger partial charge in [-0.2, -0.15) is 0 Å². The number of nitrogens with zero attached hydrogens (tertiary/aromatic N) is 3. The third-order valence-corrected chi connectivity index (χ3v) is 7.91. The number of halogens is 3. The number of fused-ring (bicyclic) bond motifs is 1. The first kappa shape index (κ1) is 25.7. The van der Waals surface area contributed by atoms with Crippen LogP contribution in [-0.2, 0) is 11.3 Å². The molecule has 1 aliphatic carbocycles. The second kappa shape index (κ2) is 10.9. The molecule has 4 aromatic rings. The molecule has 4 heterocycles. The fourth-order valence-electron chi connectivity index (χ4n) is 5.59. The van der Waals surface area contributed by atoms with E-state index in [0.29, 0.717) is 30.4 Å². The summed E-state index contributed by atoms with van der Waals surface area (Å²) in [5.74, 6) is -0.448. The highest BCUT2D eigenvalue weighted by Gasteiger charge is 2.34. The number of amides is 1. The Morgan fingerprint density at radius 1 is 1.08 bits per heavy atom. The molecule has 1 saturated heterocycles. The van der Waals surface area contributed by atoms with E-state index >= 15 is 0 Å². The highest BCUT2D eigenvalue weighted by molar-refractivity contribution is 6.29. The molecule has 2 fully saturated rings. The number of aromatic amines is 1. The Hall–Kier alpha value is -3.56. The van der Waals surface area contributed by atoms with Crippen LogP contribution in [-0.4, -0.2) is 50.9 Å². The highest BCUT2D eigenvalue weighted by atomic mass is 35.5. The molecule has 39 heavy (non-hydrogen) atoms. The van der Waals surface area contributed by atoms with Crippen molar-refractivity contribution < 1.29 is 13.6 Å². The number of carbonyl (C=O) groups excluding carboxylic acids is 1. The fraction of sp³-hybridized carbons (Fsp3) is 0.345. The van der Waals surface area contributed by atoms with Crippen LogP contribution in [0.3, 0.4) is 0 Å². The third kappa shape index (κ3) is 5.74. The van der Waals surface area contributed by atoms with Crippen LogP contribution in [0.15, 0.2) is 54.9 Å². The summed E-state index contributed by atoms with van der Waals surface area (Å²) in [7, 11) is 0. The van der Waals surface area contributed by atoms with Gasteiger partial charge in [-0.15, -0.1) is 0 Å². The molecular formula is C29H29ClF2N6O. The van der Waals surface area contributed by atoms with Crippen LogP contribution < -0.4 is 10.6 Å². The molecule has 6 rings (SSSR count). The topological polar surface area (TPSA) is 85.9 Å². The molecular weight excluding hydrogens is 522 g/mol. The minimum Gasteiger partial charge on any atom is -0.367 e. The molecule has 0 unspecified atom stereocenters. The molecule has 7 nitrogen and oxygen atoms in total. The summed E-state index contributed by atoms with van der Waals surface area (Å²) in [6.45, 7) is 1.53. The molecule has 3 aromatic heterocycles. The van der Waals surface area contributed by atoms with Crippen LogP contribution in [0.1, 0.15) is 31.2 Å². The molecule has 1 amide bonds. The molecule has 1 saturated carbocycles. The van der Waals surface area contributed by atoms with Crippen molar-refractivity contribution >= 4 is 34.4 Å². The lowest BCUT2D eigenvalue weighted by Gasteiger charge is -2.39. The normalized spacial score (nSPS) is 20.1. The van der Waals surface area contributed by atoms with Gasteiger partial charge in [0.25, 0.3) is 0 Å². The molecule has 10 heteroatoms. The van der Waals surface area contributed by atoms with E-state index in [1.54, 1.807) is 6.20 Å². The Morgan fingerprint density at radius 2 is 1.87 bits per heavy atom. The Balaban J connectivity index is 0.984. The molecule has 0 spiro atoms. The summed E-state index contributed by atoms with van der Waals surface area (Å²) >= 11 is 6.37. The monoisotopic (exact) mass is 550 g/mol. The average molecular weight is 551 g/mol. The maximum Gasteiger partial charge on any atom is 0.225 e. The fourth-order valence-corrected chi connectivity index (χ4v) is 5.80. The van der Waals surface area contributed by atoms with E-state index in [-0.39, 0.29) is 23.9 Å².